The van der Waals surface area contributed by atoms with Crippen LogP contribution in [0.1, 0.15) is 25.7 Å². The van der Waals surface area contributed by atoms with E-state index >= 15 is 0 Å². The molecule has 0 saturated heterocycles. The second-order valence-electron chi connectivity index (χ2n) is 4.21. The Kier molecular flexibility index (Phi) is 6.18. The lowest BCUT2D eigenvalue weighted by Crippen LogP contribution is -2.37. The number of likely N-dealkylation sites (N-methyl/N-ethyl adjacent to an activating group) is 1. The average molecular weight is 230 g/mol. The first kappa shape index (κ1) is 13.3. The van der Waals surface area contributed by atoms with Gasteiger partial charge in [0.05, 0.1) is 6.61 Å². The van der Waals surface area contributed by atoms with Crippen LogP contribution in [-0.4, -0.2) is 55.5 Å². The minimum atomic E-state index is -0.450. The van der Waals surface area contributed by atoms with E-state index in [-0.39, 0.29) is 13.2 Å². The molecule has 0 aliphatic heterocycles. The number of ether oxygens (including phenoxy) is 1. The Hall–Kier alpha value is -0.810. The third-order valence-corrected chi connectivity index (χ3v) is 3.01. The summed E-state index contributed by atoms with van der Waals surface area (Å²) < 4.78 is 4.68. The van der Waals surface area contributed by atoms with Crippen LogP contribution in [0.25, 0.3) is 0 Å². The summed E-state index contributed by atoms with van der Waals surface area (Å²) in [4.78, 5) is 13.3. The van der Waals surface area contributed by atoms with Gasteiger partial charge in [-0.1, -0.05) is 12.8 Å². The zero-order chi connectivity index (χ0) is 11.8. The summed E-state index contributed by atoms with van der Waals surface area (Å²) >= 11 is 0. The van der Waals surface area contributed by atoms with Gasteiger partial charge >= 0.3 is 6.09 Å². The number of amides is 1. The molecular formula is C11H22N2O3. The molecule has 94 valence electrons. The van der Waals surface area contributed by atoms with E-state index in [9.17, 15) is 4.79 Å². The van der Waals surface area contributed by atoms with Gasteiger partial charge in [0.1, 0.15) is 6.61 Å². The van der Waals surface area contributed by atoms with E-state index in [1.807, 2.05) is 0 Å². The molecule has 1 aliphatic carbocycles. The third kappa shape index (κ3) is 4.81. The fourth-order valence-electron chi connectivity index (χ4n) is 2.05. The highest BCUT2D eigenvalue weighted by atomic mass is 16.6. The summed E-state index contributed by atoms with van der Waals surface area (Å²) in [6.07, 6.45) is 4.73. The van der Waals surface area contributed by atoms with Gasteiger partial charge in [0, 0.05) is 19.1 Å². The fourth-order valence-corrected chi connectivity index (χ4v) is 2.05. The van der Waals surface area contributed by atoms with Crippen LogP contribution in [0.2, 0.25) is 0 Å². The Morgan fingerprint density at radius 2 is 2.19 bits per heavy atom. The summed E-state index contributed by atoms with van der Waals surface area (Å²) in [5.74, 6) is 0. The van der Waals surface area contributed by atoms with Gasteiger partial charge in [0.15, 0.2) is 0 Å². The maximum atomic E-state index is 11.0. The van der Waals surface area contributed by atoms with E-state index in [0.717, 1.165) is 6.54 Å². The van der Waals surface area contributed by atoms with Gasteiger partial charge in [-0.2, -0.15) is 0 Å². The molecule has 1 fully saturated rings. The van der Waals surface area contributed by atoms with Crippen LogP contribution in [0.5, 0.6) is 0 Å². The minimum Gasteiger partial charge on any atom is -0.447 e. The molecular weight excluding hydrogens is 208 g/mol. The Morgan fingerprint density at radius 1 is 1.50 bits per heavy atom. The molecule has 0 aromatic heterocycles. The zero-order valence-electron chi connectivity index (χ0n) is 9.95. The highest BCUT2D eigenvalue weighted by molar-refractivity contribution is 5.67. The molecule has 0 bridgehead atoms. The fraction of sp³-hybridized carbons (Fsp3) is 0.909. The molecule has 5 nitrogen and oxygen atoms in total. The van der Waals surface area contributed by atoms with Crippen molar-refractivity contribution >= 4 is 6.09 Å². The Balaban J connectivity index is 2.03. The van der Waals surface area contributed by atoms with E-state index in [2.05, 4.69) is 22.0 Å². The topological polar surface area (TPSA) is 61.8 Å². The van der Waals surface area contributed by atoms with Crippen LogP contribution < -0.4 is 5.32 Å². The van der Waals surface area contributed by atoms with Gasteiger partial charge < -0.3 is 20.1 Å². The summed E-state index contributed by atoms with van der Waals surface area (Å²) in [6.45, 7) is 1.37. The average Bonchev–Trinajstić information content (AvgIpc) is 2.79. The highest BCUT2D eigenvalue weighted by Gasteiger charge is 2.18. The van der Waals surface area contributed by atoms with Crippen LogP contribution in [-0.2, 0) is 4.74 Å². The quantitative estimate of drug-likeness (QED) is 0.700. The highest BCUT2D eigenvalue weighted by Crippen LogP contribution is 2.21. The molecule has 0 spiro atoms. The molecule has 16 heavy (non-hydrogen) atoms. The first-order chi connectivity index (χ1) is 7.74. The Bertz CT molecular complexity index is 205. The number of nitrogens with one attached hydrogen (secondary N) is 1. The molecule has 2 N–H and O–H groups in total. The number of aliphatic hydroxyl groups excluding tert-OH is 1. The summed E-state index contributed by atoms with van der Waals surface area (Å²) in [7, 11) is 2.09. The minimum absolute atomic E-state index is 0.0598. The predicted octanol–water partition coefficient (Wildman–Crippen LogP) is 0.579. The van der Waals surface area contributed by atoms with Crippen LogP contribution in [0.15, 0.2) is 0 Å². The SMILES string of the molecule is CN(CCNC(=O)OCCO)C1CCCC1. The predicted molar refractivity (Wildman–Crippen MR) is 61.3 cm³/mol. The number of carbonyl (C=O) groups is 1. The van der Waals surface area contributed by atoms with Crippen molar-refractivity contribution < 1.29 is 14.6 Å². The Labute approximate surface area is 96.8 Å². The molecule has 0 radical (unpaired) electrons. The van der Waals surface area contributed by atoms with Crippen molar-refractivity contribution in [3.63, 3.8) is 0 Å². The van der Waals surface area contributed by atoms with Crippen molar-refractivity contribution in [2.45, 2.75) is 31.7 Å². The maximum Gasteiger partial charge on any atom is 0.407 e. The van der Waals surface area contributed by atoms with Crippen molar-refractivity contribution in [3.8, 4) is 0 Å². The van der Waals surface area contributed by atoms with Crippen LogP contribution in [0.3, 0.4) is 0 Å². The van der Waals surface area contributed by atoms with Crippen LogP contribution >= 0.6 is 0 Å². The van der Waals surface area contributed by atoms with E-state index in [1.54, 1.807) is 0 Å². The maximum absolute atomic E-state index is 11.0. The molecule has 5 heteroatoms. The molecule has 1 amide bonds. The number of carbonyl (C=O) groups excluding carboxylic acids is 1. The van der Waals surface area contributed by atoms with Gasteiger partial charge in [-0.25, -0.2) is 4.79 Å². The van der Waals surface area contributed by atoms with Gasteiger partial charge in [0.25, 0.3) is 0 Å². The van der Waals surface area contributed by atoms with Crippen molar-refractivity contribution in [1.82, 2.24) is 10.2 Å². The van der Waals surface area contributed by atoms with Gasteiger partial charge in [0.2, 0.25) is 0 Å². The zero-order valence-corrected chi connectivity index (χ0v) is 9.95. The van der Waals surface area contributed by atoms with E-state index < -0.39 is 6.09 Å². The van der Waals surface area contributed by atoms with E-state index in [0.29, 0.717) is 12.6 Å². The summed E-state index contributed by atoms with van der Waals surface area (Å²) in [5, 5.41) is 11.1. The molecule has 1 aliphatic rings. The van der Waals surface area contributed by atoms with E-state index in [1.165, 1.54) is 25.7 Å². The number of nitrogens with zero attached hydrogens (tertiary/aromatic N) is 1. The molecule has 0 heterocycles. The second-order valence-corrected chi connectivity index (χ2v) is 4.21. The lowest BCUT2D eigenvalue weighted by atomic mass is 10.2. The standard InChI is InChI=1S/C11H22N2O3/c1-13(10-4-2-3-5-10)7-6-12-11(15)16-9-8-14/h10,14H,2-9H2,1H3,(H,12,15). The van der Waals surface area contributed by atoms with Crippen molar-refractivity contribution in [2.75, 3.05) is 33.4 Å². The summed E-state index contributed by atoms with van der Waals surface area (Å²) in [6, 6.07) is 0.676. The smallest absolute Gasteiger partial charge is 0.407 e. The lowest BCUT2D eigenvalue weighted by molar-refractivity contribution is 0.118. The second kappa shape index (κ2) is 7.46. The van der Waals surface area contributed by atoms with Gasteiger partial charge in [-0.3, -0.25) is 0 Å². The first-order valence-corrected chi connectivity index (χ1v) is 5.95. The van der Waals surface area contributed by atoms with Crippen molar-refractivity contribution in [1.29, 1.82) is 0 Å². The van der Waals surface area contributed by atoms with Crippen LogP contribution in [0, 0.1) is 0 Å². The number of aliphatic hydroxyl groups is 1. The molecule has 0 aromatic rings. The van der Waals surface area contributed by atoms with Gasteiger partial charge in [-0.05, 0) is 19.9 Å². The normalized spacial score (nSPS) is 16.7. The number of alkyl carbamates (subject to hydrolysis) is 1. The molecule has 0 atom stereocenters. The number of hydrogen-bond donors (Lipinski definition) is 2. The Morgan fingerprint density at radius 3 is 2.81 bits per heavy atom. The third-order valence-electron chi connectivity index (χ3n) is 3.01. The van der Waals surface area contributed by atoms with Gasteiger partial charge in [-0.15, -0.1) is 0 Å². The summed E-state index contributed by atoms with van der Waals surface area (Å²) in [5.41, 5.74) is 0. The lowest BCUT2D eigenvalue weighted by Gasteiger charge is -2.23. The van der Waals surface area contributed by atoms with Crippen LogP contribution in [0.4, 0.5) is 4.79 Å². The van der Waals surface area contributed by atoms with Crippen molar-refractivity contribution in [3.05, 3.63) is 0 Å². The number of hydrogen-bond acceptors (Lipinski definition) is 4. The largest absolute Gasteiger partial charge is 0.447 e. The molecule has 0 aromatic carbocycles. The van der Waals surface area contributed by atoms with Crippen molar-refractivity contribution in [2.24, 2.45) is 0 Å². The molecule has 1 rings (SSSR count). The monoisotopic (exact) mass is 230 g/mol. The van der Waals surface area contributed by atoms with E-state index in [4.69, 9.17) is 5.11 Å². The first-order valence-electron chi connectivity index (χ1n) is 5.95. The number of rotatable bonds is 6. The molecule has 0 unspecified atom stereocenters. The molecule has 1 saturated carbocycles.